The van der Waals surface area contributed by atoms with Crippen LogP contribution in [-0.4, -0.2) is 6.54 Å². The van der Waals surface area contributed by atoms with E-state index in [4.69, 9.17) is 5.73 Å². The van der Waals surface area contributed by atoms with Crippen LogP contribution in [0.5, 0.6) is 0 Å². The number of benzene rings is 1. The Kier molecular flexibility index (Phi) is 4.61. The van der Waals surface area contributed by atoms with E-state index in [9.17, 15) is 8.78 Å². The summed E-state index contributed by atoms with van der Waals surface area (Å²) >= 11 is 0. The minimum Gasteiger partial charge on any atom is -0.397 e. The summed E-state index contributed by atoms with van der Waals surface area (Å²) in [6.07, 6.45) is 6.06. The number of rotatable bonds is 4. The summed E-state index contributed by atoms with van der Waals surface area (Å²) in [5, 5.41) is 2.94. The summed E-state index contributed by atoms with van der Waals surface area (Å²) in [5.74, 6) is -0.260. The van der Waals surface area contributed by atoms with Gasteiger partial charge in [-0.2, -0.15) is 0 Å². The van der Waals surface area contributed by atoms with Gasteiger partial charge in [-0.25, -0.2) is 8.78 Å². The van der Waals surface area contributed by atoms with Crippen LogP contribution >= 0.6 is 0 Å². The molecule has 0 aromatic heterocycles. The standard InChI is InChI=1S/C15H22F2N2/c1-10-3-2-4-11(9-10)7-8-19-15-13(18)6-5-12(16)14(15)17/h5-6,10-11,19H,2-4,7-9,18H2,1H3. The first-order valence-corrected chi connectivity index (χ1v) is 7.05. The Balaban J connectivity index is 1.87. The van der Waals surface area contributed by atoms with E-state index in [1.807, 2.05) is 0 Å². The maximum atomic E-state index is 13.6. The second-order valence-electron chi connectivity index (χ2n) is 5.68. The maximum absolute atomic E-state index is 13.6. The molecule has 19 heavy (non-hydrogen) atoms. The van der Waals surface area contributed by atoms with Crippen molar-refractivity contribution in [1.82, 2.24) is 0 Å². The largest absolute Gasteiger partial charge is 0.397 e. The molecule has 4 heteroatoms. The second-order valence-corrected chi connectivity index (χ2v) is 5.68. The quantitative estimate of drug-likeness (QED) is 0.804. The third kappa shape index (κ3) is 3.58. The lowest BCUT2D eigenvalue weighted by molar-refractivity contribution is 0.274. The molecule has 0 bridgehead atoms. The van der Waals surface area contributed by atoms with Crippen molar-refractivity contribution in [3.05, 3.63) is 23.8 Å². The first-order valence-electron chi connectivity index (χ1n) is 7.05. The average molecular weight is 268 g/mol. The maximum Gasteiger partial charge on any atom is 0.183 e. The minimum atomic E-state index is -0.878. The van der Waals surface area contributed by atoms with Crippen molar-refractivity contribution in [2.45, 2.75) is 39.0 Å². The number of anilines is 2. The smallest absolute Gasteiger partial charge is 0.183 e. The van der Waals surface area contributed by atoms with Crippen molar-refractivity contribution in [2.24, 2.45) is 11.8 Å². The van der Waals surface area contributed by atoms with Crippen LogP contribution in [0.3, 0.4) is 0 Å². The predicted octanol–water partition coefficient (Wildman–Crippen LogP) is 4.18. The second kappa shape index (κ2) is 6.22. The zero-order valence-electron chi connectivity index (χ0n) is 11.4. The highest BCUT2D eigenvalue weighted by molar-refractivity contribution is 5.66. The Morgan fingerprint density at radius 1 is 1.32 bits per heavy atom. The lowest BCUT2D eigenvalue weighted by Gasteiger charge is -2.26. The molecule has 1 aromatic carbocycles. The van der Waals surface area contributed by atoms with Gasteiger partial charge in [0.15, 0.2) is 11.6 Å². The lowest BCUT2D eigenvalue weighted by atomic mass is 9.81. The van der Waals surface area contributed by atoms with Gasteiger partial charge >= 0.3 is 0 Å². The van der Waals surface area contributed by atoms with Crippen LogP contribution in [0.4, 0.5) is 20.2 Å². The highest BCUT2D eigenvalue weighted by Gasteiger charge is 2.19. The molecule has 2 unspecified atom stereocenters. The van der Waals surface area contributed by atoms with E-state index in [1.165, 1.54) is 31.7 Å². The van der Waals surface area contributed by atoms with E-state index >= 15 is 0 Å². The third-order valence-electron chi connectivity index (χ3n) is 4.03. The average Bonchev–Trinajstić information content (AvgIpc) is 2.38. The molecule has 2 nitrogen and oxygen atoms in total. The van der Waals surface area contributed by atoms with Gasteiger partial charge in [0.1, 0.15) is 0 Å². The summed E-state index contributed by atoms with van der Waals surface area (Å²) < 4.78 is 26.7. The molecule has 0 saturated heterocycles. The van der Waals surface area contributed by atoms with Gasteiger partial charge in [-0.1, -0.05) is 26.2 Å². The van der Waals surface area contributed by atoms with E-state index in [-0.39, 0.29) is 11.4 Å². The minimum absolute atomic E-state index is 0.101. The van der Waals surface area contributed by atoms with Gasteiger partial charge in [0, 0.05) is 6.54 Å². The fraction of sp³-hybridized carbons (Fsp3) is 0.600. The molecule has 0 radical (unpaired) electrons. The fourth-order valence-electron chi connectivity index (χ4n) is 2.97. The van der Waals surface area contributed by atoms with E-state index < -0.39 is 11.6 Å². The van der Waals surface area contributed by atoms with Crippen LogP contribution in [0.15, 0.2) is 12.1 Å². The zero-order chi connectivity index (χ0) is 13.8. The molecular weight excluding hydrogens is 246 g/mol. The van der Waals surface area contributed by atoms with Crippen LogP contribution in [0.1, 0.15) is 39.0 Å². The molecule has 1 aliphatic rings. The molecule has 0 heterocycles. The Morgan fingerprint density at radius 3 is 2.84 bits per heavy atom. The van der Waals surface area contributed by atoms with Gasteiger partial charge in [-0.05, 0) is 36.8 Å². The normalized spacial score (nSPS) is 23.3. The number of nitrogens with two attached hydrogens (primary N) is 1. The Labute approximate surface area is 113 Å². The molecule has 0 aliphatic heterocycles. The topological polar surface area (TPSA) is 38.0 Å². The molecule has 2 atom stereocenters. The van der Waals surface area contributed by atoms with Crippen LogP contribution in [-0.2, 0) is 0 Å². The summed E-state index contributed by atoms with van der Waals surface area (Å²) in [4.78, 5) is 0. The molecule has 2 rings (SSSR count). The summed E-state index contributed by atoms with van der Waals surface area (Å²) in [6.45, 7) is 2.92. The summed E-state index contributed by atoms with van der Waals surface area (Å²) in [5.41, 5.74) is 6.02. The monoisotopic (exact) mass is 268 g/mol. The SMILES string of the molecule is CC1CCCC(CCNc2c(N)ccc(F)c2F)C1. The first kappa shape index (κ1) is 14.1. The Hall–Kier alpha value is -1.32. The molecular formula is C15H22F2N2. The Morgan fingerprint density at radius 2 is 2.11 bits per heavy atom. The first-order chi connectivity index (χ1) is 9.08. The van der Waals surface area contributed by atoms with Crippen LogP contribution in [0.2, 0.25) is 0 Å². The van der Waals surface area contributed by atoms with E-state index in [2.05, 4.69) is 12.2 Å². The van der Waals surface area contributed by atoms with Gasteiger partial charge in [0.2, 0.25) is 0 Å². The molecule has 1 saturated carbocycles. The van der Waals surface area contributed by atoms with Crippen molar-refractivity contribution in [1.29, 1.82) is 0 Å². The van der Waals surface area contributed by atoms with E-state index in [0.29, 0.717) is 12.5 Å². The van der Waals surface area contributed by atoms with Crippen molar-refractivity contribution in [3.8, 4) is 0 Å². The van der Waals surface area contributed by atoms with Gasteiger partial charge in [-0.3, -0.25) is 0 Å². The summed E-state index contributed by atoms with van der Waals surface area (Å²) in [7, 11) is 0. The summed E-state index contributed by atoms with van der Waals surface area (Å²) in [6, 6.07) is 2.45. The third-order valence-corrected chi connectivity index (χ3v) is 4.03. The van der Waals surface area contributed by atoms with Crippen molar-refractivity contribution < 1.29 is 8.78 Å². The number of halogens is 2. The molecule has 1 aromatic rings. The van der Waals surface area contributed by atoms with E-state index in [1.54, 1.807) is 0 Å². The van der Waals surface area contributed by atoms with Crippen molar-refractivity contribution in [3.63, 3.8) is 0 Å². The van der Waals surface area contributed by atoms with Gasteiger partial charge < -0.3 is 11.1 Å². The Bertz CT molecular complexity index is 434. The number of nitrogens with one attached hydrogen (secondary N) is 1. The van der Waals surface area contributed by atoms with Crippen LogP contribution in [0.25, 0.3) is 0 Å². The molecule has 0 amide bonds. The number of hydrogen-bond donors (Lipinski definition) is 2. The van der Waals surface area contributed by atoms with Gasteiger partial charge in [0.25, 0.3) is 0 Å². The molecule has 1 aliphatic carbocycles. The van der Waals surface area contributed by atoms with Crippen molar-refractivity contribution >= 4 is 11.4 Å². The fourth-order valence-corrected chi connectivity index (χ4v) is 2.97. The van der Waals surface area contributed by atoms with Crippen LogP contribution in [0, 0.1) is 23.5 Å². The highest BCUT2D eigenvalue weighted by Crippen LogP contribution is 2.31. The van der Waals surface area contributed by atoms with Gasteiger partial charge in [0.05, 0.1) is 11.4 Å². The van der Waals surface area contributed by atoms with Crippen LogP contribution < -0.4 is 11.1 Å². The molecule has 3 N–H and O–H groups in total. The molecule has 106 valence electrons. The van der Waals surface area contributed by atoms with Gasteiger partial charge in [-0.15, -0.1) is 0 Å². The van der Waals surface area contributed by atoms with E-state index in [0.717, 1.165) is 18.4 Å². The predicted molar refractivity (Wildman–Crippen MR) is 75.0 cm³/mol. The lowest BCUT2D eigenvalue weighted by Crippen LogP contribution is -2.17. The molecule has 0 spiro atoms. The zero-order valence-corrected chi connectivity index (χ0v) is 11.4. The van der Waals surface area contributed by atoms with Crippen molar-refractivity contribution in [2.75, 3.05) is 17.6 Å². The molecule has 1 fully saturated rings. The number of hydrogen-bond acceptors (Lipinski definition) is 2. The number of nitrogen functional groups attached to an aromatic ring is 1. The highest BCUT2D eigenvalue weighted by atomic mass is 19.2.